The molecule has 0 aliphatic carbocycles. The molecule has 0 amide bonds. The molecule has 0 saturated carbocycles. The van der Waals surface area contributed by atoms with Gasteiger partial charge in [0.15, 0.2) is 0 Å². The number of fused-ring (bicyclic) bond motifs is 2. The quantitative estimate of drug-likeness (QED) is 0.113. The van der Waals surface area contributed by atoms with Crippen LogP contribution in [0.25, 0.3) is 0 Å². The first-order chi connectivity index (χ1) is 26.1. The van der Waals surface area contributed by atoms with Crippen molar-refractivity contribution in [1.29, 1.82) is 0 Å². The van der Waals surface area contributed by atoms with Crippen molar-refractivity contribution in [3.05, 3.63) is 118 Å². The zero-order chi connectivity index (χ0) is 42.2. The van der Waals surface area contributed by atoms with Gasteiger partial charge in [-0.05, 0) is 56.0 Å². The van der Waals surface area contributed by atoms with Crippen LogP contribution in [0.15, 0.2) is 72.8 Å². The first-order valence-electron chi connectivity index (χ1n) is 17.4. The summed E-state index contributed by atoms with van der Waals surface area (Å²) in [6.45, 7) is 25.9. The van der Waals surface area contributed by atoms with Crippen molar-refractivity contribution in [3.8, 4) is 23.0 Å². The van der Waals surface area contributed by atoms with Gasteiger partial charge in [0, 0.05) is 22.6 Å². The Morgan fingerprint density at radius 3 is 1.16 bits per heavy atom. The molecule has 8 nitrogen and oxygen atoms in total. The summed E-state index contributed by atoms with van der Waals surface area (Å²) in [5.74, 6) is 1.39. The van der Waals surface area contributed by atoms with Gasteiger partial charge in [-0.1, -0.05) is 107 Å². The predicted molar refractivity (Wildman–Crippen MR) is 217 cm³/mol. The summed E-state index contributed by atoms with van der Waals surface area (Å²) in [6, 6.07) is 27.9. The summed E-state index contributed by atoms with van der Waals surface area (Å²) in [4.78, 5) is 24.3. The van der Waals surface area contributed by atoms with Gasteiger partial charge in [0.05, 0.1) is 0 Å². The Bertz CT molecular complexity index is 1830. The van der Waals surface area contributed by atoms with E-state index in [1.165, 1.54) is 11.1 Å². The van der Waals surface area contributed by atoms with Gasteiger partial charge in [0.1, 0.15) is 11.5 Å². The van der Waals surface area contributed by atoms with Crippen LogP contribution in [-0.4, -0.2) is 11.9 Å². The van der Waals surface area contributed by atoms with Crippen molar-refractivity contribution in [1.82, 2.24) is 0 Å². The minimum atomic E-state index is -1.84. The van der Waals surface area contributed by atoms with Gasteiger partial charge >= 0.3 is 72.6 Å². The van der Waals surface area contributed by atoms with Crippen LogP contribution in [0.3, 0.4) is 0 Å². The monoisotopic (exact) mass is 1020 g/mol. The Morgan fingerprint density at radius 1 is 0.518 bits per heavy atom. The van der Waals surface area contributed by atoms with E-state index in [1.807, 2.05) is 12.1 Å². The summed E-state index contributed by atoms with van der Waals surface area (Å²) in [5, 5.41) is 0. The van der Waals surface area contributed by atoms with Crippen LogP contribution < -0.4 is 18.1 Å². The summed E-state index contributed by atoms with van der Waals surface area (Å²) in [7, 11) is 5.30. The van der Waals surface area contributed by atoms with E-state index < -0.39 is 29.1 Å². The van der Waals surface area contributed by atoms with Gasteiger partial charge in [-0.3, -0.25) is 9.59 Å². The van der Waals surface area contributed by atoms with Gasteiger partial charge in [0.25, 0.3) is 11.9 Å². The first kappa shape index (κ1) is 48.2. The van der Waals surface area contributed by atoms with E-state index in [9.17, 15) is 9.59 Å². The average Bonchev–Trinajstić information content (AvgIpc) is 3.12. The van der Waals surface area contributed by atoms with Crippen LogP contribution in [0.1, 0.15) is 126 Å². The Kier molecular flexibility index (Phi) is 17.3. The zero-order valence-corrected chi connectivity index (χ0v) is 39.9. The predicted octanol–water partition coefficient (Wildman–Crippen LogP) is 13.2. The van der Waals surface area contributed by atoms with Crippen LogP contribution in [0, 0.1) is 12.1 Å². The molecule has 0 bridgehead atoms. The third-order valence-electron chi connectivity index (χ3n) is 8.40. The number of benzene rings is 4. The van der Waals surface area contributed by atoms with Crippen molar-refractivity contribution < 1.29 is 73.1 Å². The Morgan fingerprint density at radius 2 is 0.857 bits per heavy atom. The second-order valence-electron chi connectivity index (χ2n) is 16.8. The van der Waals surface area contributed by atoms with Crippen LogP contribution in [0.2, 0.25) is 0 Å². The Balaban J connectivity index is 0.000000276. The molecule has 0 N–H and O–H groups in total. The fourth-order valence-corrected chi connectivity index (χ4v) is 7.27. The summed E-state index contributed by atoms with van der Waals surface area (Å²) >= 11 is 4.44. The van der Waals surface area contributed by atoms with Gasteiger partial charge in [-0.2, -0.15) is 36.4 Å². The molecular formula is C42H48Cl2O8P2Pd2. The van der Waals surface area contributed by atoms with E-state index in [0.717, 1.165) is 11.1 Å². The molecular weight excluding hydrogens is 978 g/mol. The first-order valence-corrected chi connectivity index (χ1v) is 23.6. The molecule has 2 aliphatic heterocycles. The third kappa shape index (κ3) is 12.9. The molecule has 2 unspecified atom stereocenters. The average molecular weight is 1030 g/mol. The molecule has 4 aromatic carbocycles. The fraction of sp³-hybridized carbons (Fsp3) is 0.381. The maximum absolute atomic E-state index is 12.2. The van der Waals surface area contributed by atoms with Crippen molar-refractivity contribution in [3.63, 3.8) is 0 Å². The second kappa shape index (κ2) is 20.2. The molecule has 6 rings (SSSR count). The zero-order valence-electron chi connectivity index (χ0n) is 33.5. The molecule has 2 atom stereocenters. The molecule has 0 saturated heterocycles. The van der Waals surface area contributed by atoms with Gasteiger partial charge in [-0.15, -0.1) is 12.1 Å². The van der Waals surface area contributed by atoms with Crippen LogP contribution in [0.4, 0.5) is 0 Å². The molecule has 2 aliphatic rings. The maximum atomic E-state index is 12.2. The minimum absolute atomic E-state index is 0.0348. The van der Waals surface area contributed by atoms with Crippen molar-refractivity contribution >= 4 is 48.2 Å². The normalized spacial score (nSPS) is 16.2. The number of halogens is 2. The second-order valence-corrected chi connectivity index (χ2v) is 18.8. The van der Waals surface area contributed by atoms with Gasteiger partial charge in [0.2, 0.25) is 0 Å². The van der Waals surface area contributed by atoms with E-state index in [1.54, 1.807) is 36.4 Å². The molecule has 2 heterocycles. The Labute approximate surface area is 364 Å². The summed E-state index contributed by atoms with van der Waals surface area (Å²) < 4.78 is 34.2. The van der Waals surface area contributed by atoms with Crippen LogP contribution >= 0.6 is 36.3 Å². The number of carbonyl (C=O) groups excluding carboxylic acids is 2. The number of carbonyl (C=O) groups is 2. The van der Waals surface area contributed by atoms with Crippen LogP contribution in [-0.2, 0) is 67.1 Å². The van der Waals surface area contributed by atoms with E-state index in [0.29, 0.717) is 34.1 Å². The number of rotatable bonds is 4. The van der Waals surface area contributed by atoms with Gasteiger partial charge in [-0.25, -0.2) is 0 Å². The molecule has 308 valence electrons. The Hall–Kier alpha value is -2.22. The fourth-order valence-electron chi connectivity index (χ4n) is 5.30. The molecule has 0 radical (unpaired) electrons. The van der Waals surface area contributed by atoms with Gasteiger partial charge < -0.3 is 27.1 Å². The molecule has 14 heteroatoms. The molecule has 4 aromatic rings. The molecule has 0 fully saturated rings. The van der Waals surface area contributed by atoms with E-state index in [-0.39, 0.29) is 21.7 Å². The number of hydrogen-bond acceptors (Lipinski definition) is 8. The molecule has 0 aromatic heterocycles. The van der Waals surface area contributed by atoms with Crippen LogP contribution in [0.5, 0.6) is 23.0 Å². The SMILES string of the molecule is CC(C)(C)c1ccc(OP2OC(=O)c3c[c-]ccc3O2)c(C(C)(C)C)c1.CC(C)(C)c1ccc(OP2OC(=O)c3c[c-]ccc3O2)c(C(C)(C)C)c1.[Cl][Pd+].[Cl][Pd+]. The van der Waals surface area contributed by atoms with E-state index in [2.05, 4.69) is 175 Å². The standard InChI is InChI=1S/2C21H24O4P.2ClH.2Pd/c2*1-20(2,3)14-11-12-18(16(13-14)21(4,5)6)24-26-23-17-10-8-7-9-15(17)19(22)25-26;;;;/h2*8-13H,1-6H3;2*1H;;/q2*-1;;;2*+2/p-2. The summed E-state index contributed by atoms with van der Waals surface area (Å²) in [5.41, 5.74) is 5.12. The molecule has 0 spiro atoms. The van der Waals surface area contributed by atoms with Crippen molar-refractivity contribution in [2.75, 3.05) is 0 Å². The van der Waals surface area contributed by atoms with E-state index >= 15 is 0 Å². The third-order valence-corrected chi connectivity index (χ3v) is 10.4. The van der Waals surface area contributed by atoms with Crippen molar-refractivity contribution in [2.24, 2.45) is 0 Å². The van der Waals surface area contributed by atoms with E-state index in [4.69, 9.17) is 27.1 Å². The topological polar surface area (TPSA) is 89.5 Å². The molecule has 56 heavy (non-hydrogen) atoms. The van der Waals surface area contributed by atoms with Crippen molar-refractivity contribution in [2.45, 2.75) is 105 Å². The summed E-state index contributed by atoms with van der Waals surface area (Å²) in [6.07, 6.45) is 0. The number of hydrogen-bond donors (Lipinski definition) is 0.